The third-order valence-corrected chi connectivity index (χ3v) is 6.87. The van der Waals surface area contributed by atoms with Crippen molar-refractivity contribution in [2.75, 3.05) is 12.4 Å². The number of benzene rings is 1. The highest BCUT2D eigenvalue weighted by Gasteiger charge is 2.31. The van der Waals surface area contributed by atoms with Crippen LogP contribution in [0.2, 0.25) is 0 Å². The van der Waals surface area contributed by atoms with Crippen LogP contribution in [-0.2, 0) is 6.54 Å². The fourth-order valence-corrected chi connectivity index (χ4v) is 4.95. The van der Waals surface area contributed by atoms with E-state index in [1.807, 2.05) is 32.2 Å². The third kappa shape index (κ3) is 4.64. The summed E-state index contributed by atoms with van der Waals surface area (Å²) in [5.41, 5.74) is 2.70. The van der Waals surface area contributed by atoms with E-state index in [-0.39, 0.29) is 12.0 Å². The van der Waals surface area contributed by atoms with Gasteiger partial charge in [-0.05, 0) is 69.2 Å². The molecule has 9 nitrogen and oxygen atoms in total. The highest BCUT2D eigenvalue weighted by molar-refractivity contribution is 5.89. The Morgan fingerprint density at radius 1 is 1.20 bits per heavy atom. The second kappa shape index (κ2) is 9.03. The van der Waals surface area contributed by atoms with E-state index in [0.29, 0.717) is 28.4 Å². The second-order valence-electron chi connectivity index (χ2n) is 9.68. The first-order chi connectivity index (χ1) is 16.7. The second-order valence-corrected chi connectivity index (χ2v) is 9.68. The number of nitrogens with one attached hydrogen (secondary N) is 1. The molecule has 4 aromatic rings. The Labute approximate surface area is 201 Å². The van der Waals surface area contributed by atoms with E-state index in [0.717, 1.165) is 36.8 Å². The third-order valence-electron chi connectivity index (χ3n) is 6.87. The van der Waals surface area contributed by atoms with Crippen molar-refractivity contribution in [3.63, 3.8) is 0 Å². The van der Waals surface area contributed by atoms with Crippen molar-refractivity contribution >= 4 is 22.5 Å². The molecule has 0 radical (unpaired) electrons. The van der Waals surface area contributed by atoms with Crippen LogP contribution in [0.3, 0.4) is 0 Å². The Hall–Kier alpha value is -3.34. The number of aliphatic hydroxyl groups is 1. The molecule has 0 atom stereocenters. The van der Waals surface area contributed by atoms with Crippen LogP contribution in [0.25, 0.3) is 27.7 Å². The summed E-state index contributed by atoms with van der Waals surface area (Å²) in [5.74, 6) is 1.17. The summed E-state index contributed by atoms with van der Waals surface area (Å²) in [4.78, 5) is 4.61. The minimum Gasteiger partial charge on any atom is -0.479 e. The molecule has 3 heterocycles. The molecule has 1 aromatic carbocycles. The Balaban J connectivity index is 1.43. The summed E-state index contributed by atoms with van der Waals surface area (Å²) < 4.78 is 34.4. The zero-order chi connectivity index (χ0) is 24.7. The molecule has 5 rings (SSSR count). The van der Waals surface area contributed by atoms with E-state index in [1.165, 1.54) is 4.68 Å². The molecule has 1 saturated carbocycles. The van der Waals surface area contributed by atoms with E-state index in [2.05, 4.69) is 25.7 Å². The molecule has 1 aliphatic carbocycles. The van der Waals surface area contributed by atoms with Gasteiger partial charge in [0.15, 0.2) is 0 Å². The SMILES string of the molecule is COc1nc(N[C@H]2CC[C@H](C(C)(C)O)CC2)nn2ccc(-c3ccc4nnn(CC(F)F)c4c3)c12. The van der Waals surface area contributed by atoms with Crippen LogP contribution in [0, 0.1) is 5.92 Å². The number of rotatable bonds is 7. The van der Waals surface area contributed by atoms with Crippen LogP contribution in [0.1, 0.15) is 39.5 Å². The number of anilines is 1. The number of ether oxygens (including phenoxy) is 1. The van der Waals surface area contributed by atoms with E-state index < -0.39 is 18.6 Å². The summed E-state index contributed by atoms with van der Waals surface area (Å²) in [6.45, 7) is 3.23. The summed E-state index contributed by atoms with van der Waals surface area (Å²) in [7, 11) is 1.56. The molecule has 35 heavy (non-hydrogen) atoms. The van der Waals surface area contributed by atoms with Crippen molar-refractivity contribution in [2.24, 2.45) is 5.92 Å². The topological polar surface area (TPSA) is 102 Å². The lowest BCUT2D eigenvalue weighted by Gasteiger charge is -2.36. The van der Waals surface area contributed by atoms with Gasteiger partial charge >= 0.3 is 0 Å². The molecule has 2 N–H and O–H groups in total. The van der Waals surface area contributed by atoms with Crippen molar-refractivity contribution in [3.05, 3.63) is 30.5 Å². The first kappa shape index (κ1) is 23.4. The molecule has 0 spiro atoms. The lowest BCUT2D eigenvalue weighted by atomic mass is 9.77. The van der Waals surface area contributed by atoms with Gasteiger partial charge in [0.1, 0.15) is 17.6 Å². The van der Waals surface area contributed by atoms with Crippen molar-refractivity contribution in [3.8, 4) is 17.0 Å². The fourth-order valence-electron chi connectivity index (χ4n) is 4.95. The van der Waals surface area contributed by atoms with Crippen LogP contribution >= 0.6 is 0 Å². The maximum absolute atomic E-state index is 12.9. The summed E-state index contributed by atoms with van der Waals surface area (Å²) in [6, 6.07) is 7.53. The van der Waals surface area contributed by atoms with Gasteiger partial charge in [0.2, 0.25) is 11.8 Å². The Kier molecular flexibility index (Phi) is 6.04. The van der Waals surface area contributed by atoms with Crippen molar-refractivity contribution < 1.29 is 18.6 Å². The van der Waals surface area contributed by atoms with Gasteiger partial charge in [0.05, 0.1) is 18.2 Å². The average Bonchev–Trinajstić information content (AvgIpc) is 3.42. The molecule has 0 bridgehead atoms. The summed E-state index contributed by atoms with van der Waals surface area (Å²) >= 11 is 0. The van der Waals surface area contributed by atoms with Gasteiger partial charge in [-0.15, -0.1) is 10.2 Å². The molecule has 186 valence electrons. The minimum atomic E-state index is -2.52. The van der Waals surface area contributed by atoms with E-state index in [1.54, 1.807) is 23.8 Å². The van der Waals surface area contributed by atoms with Crippen LogP contribution in [0.4, 0.5) is 14.7 Å². The lowest BCUT2D eigenvalue weighted by molar-refractivity contribution is -0.000421. The lowest BCUT2D eigenvalue weighted by Crippen LogP contribution is -2.37. The van der Waals surface area contributed by atoms with Gasteiger partial charge in [-0.25, -0.2) is 18.0 Å². The van der Waals surface area contributed by atoms with E-state index >= 15 is 0 Å². The smallest absolute Gasteiger partial charge is 0.258 e. The highest BCUT2D eigenvalue weighted by Crippen LogP contribution is 2.35. The number of hydrogen-bond donors (Lipinski definition) is 2. The average molecular weight is 486 g/mol. The highest BCUT2D eigenvalue weighted by atomic mass is 19.3. The number of fused-ring (bicyclic) bond motifs is 2. The van der Waals surface area contributed by atoms with Crippen LogP contribution in [0.15, 0.2) is 30.5 Å². The Bertz CT molecular complexity index is 1340. The molecule has 0 amide bonds. The van der Waals surface area contributed by atoms with E-state index in [9.17, 15) is 13.9 Å². The molecular weight excluding hydrogens is 456 g/mol. The first-order valence-corrected chi connectivity index (χ1v) is 11.8. The van der Waals surface area contributed by atoms with E-state index in [4.69, 9.17) is 4.74 Å². The van der Waals surface area contributed by atoms with Gasteiger partial charge in [-0.3, -0.25) is 0 Å². The Morgan fingerprint density at radius 3 is 2.66 bits per heavy atom. The number of aromatic nitrogens is 6. The number of methoxy groups -OCH3 is 1. The fraction of sp³-hybridized carbons (Fsp3) is 0.500. The number of nitrogens with zero attached hydrogens (tertiary/aromatic N) is 6. The zero-order valence-corrected chi connectivity index (χ0v) is 19.9. The normalized spacial score (nSPS) is 19.1. The maximum atomic E-state index is 12.9. The molecule has 3 aromatic heterocycles. The molecular formula is C24H29F2N7O2. The van der Waals surface area contributed by atoms with Crippen molar-refractivity contribution in [2.45, 2.75) is 64.1 Å². The molecule has 1 aliphatic rings. The molecule has 0 aliphatic heterocycles. The molecule has 11 heteroatoms. The number of alkyl halides is 2. The van der Waals surface area contributed by atoms with Gasteiger partial charge in [0.25, 0.3) is 6.43 Å². The molecule has 1 fully saturated rings. The van der Waals surface area contributed by atoms with Crippen LogP contribution in [-0.4, -0.2) is 59.9 Å². The monoisotopic (exact) mass is 485 g/mol. The summed E-state index contributed by atoms with van der Waals surface area (Å²) in [6.07, 6.45) is 3.03. The number of halogens is 2. The summed E-state index contributed by atoms with van der Waals surface area (Å²) in [5, 5.41) is 26.2. The van der Waals surface area contributed by atoms with Gasteiger partial charge in [-0.2, -0.15) is 4.98 Å². The number of hydrogen-bond acceptors (Lipinski definition) is 7. The van der Waals surface area contributed by atoms with Crippen molar-refractivity contribution in [1.82, 2.24) is 29.6 Å². The van der Waals surface area contributed by atoms with Crippen LogP contribution < -0.4 is 10.1 Å². The predicted octanol–water partition coefficient (Wildman–Crippen LogP) is 4.16. The Morgan fingerprint density at radius 2 is 1.97 bits per heavy atom. The van der Waals surface area contributed by atoms with Gasteiger partial charge in [-0.1, -0.05) is 11.3 Å². The predicted molar refractivity (Wildman–Crippen MR) is 128 cm³/mol. The quantitative estimate of drug-likeness (QED) is 0.405. The van der Waals surface area contributed by atoms with Crippen molar-refractivity contribution in [1.29, 1.82) is 0 Å². The first-order valence-electron chi connectivity index (χ1n) is 11.8. The minimum absolute atomic E-state index is 0.218. The molecule has 0 unspecified atom stereocenters. The van der Waals surface area contributed by atoms with Crippen LogP contribution in [0.5, 0.6) is 5.88 Å². The maximum Gasteiger partial charge on any atom is 0.258 e. The largest absolute Gasteiger partial charge is 0.479 e. The van der Waals surface area contributed by atoms with Gasteiger partial charge < -0.3 is 15.2 Å². The van der Waals surface area contributed by atoms with Gasteiger partial charge in [0, 0.05) is 17.8 Å². The standard InChI is InChI=1S/C24H29F2N7O2/c1-24(2,34)15-5-7-16(8-6-15)27-23-28-22(35-3)21-17(10-11-32(21)30-23)14-4-9-18-19(12-14)33(31-29-18)13-20(25)26/h4,9-12,15-16,20,34H,5-8,13H2,1-3H3,(H,27,30)/t15-,16-. The zero-order valence-electron chi connectivity index (χ0n) is 19.9. The molecule has 0 saturated heterocycles.